The Kier molecular flexibility index (Phi) is 76.7. The van der Waals surface area contributed by atoms with Crippen molar-refractivity contribution in [3.05, 3.63) is 48.6 Å². The van der Waals surface area contributed by atoms with E-state index in [4.69, 9.17) is 18.9 Å². The van der Waals surface area contributed by atoms with Crippen LogP contribution in [0, 0.1) is 0 Å². The lowest BCUT2D eigenvalue weighted by Crippen LogP contribution is -2.40. The molecule has 2 atom stereocenters. The van der Waals surface area contributed by atoms with Gasteiger partial charge >= 0.3 is 17.9 Å². The predicted molar refractivity (Wildman–Crippen MR) is 420 cm³/mol. The molecule has 1 N–H and O–H groups in total. The Balaban J connectivity index is 3.92. The van der Waals surface area contributed by atoms with Gasteiger partial charge in [-0.1, -0.05) is 422 Å². The number of carbonyl (C=O) groups excluding carboxylic acids is 2. The standard InChI is InChI=1S/C88H165NO8/c1-6-8-10-12-14-16-18-20-22-24-26-28-30-32-34-36-38-40-41-42-43-44-45-47-49-51-53-55-57-59-61-63-65-67-69-71-73-75-77-79-86(91)97-84(83-96-88(87(92)93)94-81-80-89(3,4)5)82-95-85(90)78-76-74-72-70-68-66-64-62-60-58-56-54-52-50-48-46-39-37-35-33-31-29-27-25-23-21-19-17-15-13-11-9-7-2/h8,10,14,16,20,22,26,28,84,88H,6-7,9,11-13,15,17-19,21,23-25,27,29-83H2,1-5H3/p+1/b10-8-,16-14-,22-20-,28-26-. The van der Waals surface area contributed by atoms with E-state index in [-0.39, 0.29) is 38.2 Å². The minimum absolute atomic E-state index is 0.174. The highest BCUT2D eigenvalue weighted by molar-refractivity contribution is 5.71. The summed E-state index contributed by atoms with van der Waals surface area (Å²) in [4.78, 5) is 37.8. The maximum absolute atomic E-state index is 13.0. The molecule has 0 aliphatic carbocycles. The first kappa shape index (κ1) is 94.2. The Hall–Kier alpha value is -2.75. The largest absolute Gasteiger partial charge is 0.477 e. The summed E-state index contributed by atoms with van der Waals surface area (Å²) < 4.78 is 23.1. The number of nitrogens with zero attached hydrogens (tertiary/aromatic N) is 1. The third-order valence-electron chi connectivity index (χ3n) is 19.6. The van der Waals surface area contributed by atoms with Gasteiger partial charge in [-0.05, 0) is 51.4 Å². The molecule has 0 fully saturated rings. The van der Waals surface area contributed by atoms with Gasteiger partial charge in [0.1, 0.15) is 13.2 Å². The number of allylic oxidation sites excluding steroid dienone is 8. The third kappa shape index (κ3) is 80.4. The van der Waals surface area contributed by atoms with Crippen molar-refractivity contribution in [2.45, 2.75) is 450 Å². The summed E-state index contributed by atoms with van der Waals surface area (Å²) in [6, 6.07) is 0. The molecule has 0 spiro atoms. The Bertz CT molecular complexity index is 1730. The Morgan fingerprint density at radius 2 is 0.588 bits per heavy atom. The fraction of sp³-hybridized carbons (Fsp3) is 0.875. The van der Waals surface area contributed by atoms with Crippen molar-refractivity contribution in [1.82, 2.24) is 0 Å². The van der Waals surface area contributed by atoms with Crippen LogP contribution in [0.15, 0.2) is 48.6 Å². The number of quaternary nitrogens is 1. The maximum atomic E-state index is 13.0. The van der Waals surface area contributed by atoms with Crippen molar-refractivity contribution in [2.75, 3.05) is 47.5 Å². The molecule has 0 aromatic carbocycles. The quantitative estimate of drug-likeness (QED) is 0.0211. The van der Waals surface area contributed by atoms with Gasteiger partial charge < -0.3 is 28.5 Å². The van der Waals surface area contributed by atoms with Crippen LogP contribution in [0.2, 0.25) is 0 Å². The minimum Gasteiger partial charge on any atom is -0.477 e. The van der Waals surface area contributed by atoms with Gasteiger partial charge in [-0.15, -0.1) is 0 Å². The SMILES string of the molecule is CC/C=C\C/C=C\C/C=C\C/C=C\CCCCCCCCCCCCCCCCCCCCCCCCCCCCC(=O)OC(COC(=O)CCCCCCCCCCCCCCCCCCCCCCCCCCCCCCCCCCC)COC(OCC[N+](C)(C)C)C(=O)O. The number of aliphatic carboxylic acids is 1. The zero-order chi connectivity index (χ0) is 70.4. The second-order valence-corrected chi connectivity index (χ2v) is 30.5. The van der Waals surface area contributed by atoms with Crippen molar-refractivity contribution < 1.29 is 42.9 Å². The summed E-state index contributed by atoms with van der Waals surface area (Å²) in [6.45, 7) is 4.85. The molecule has 0 saturated carbocycles. The van der Waals surface area contributed by atoms with Crippen molar-refractivity contribution in [3.8, 4) is 0 Å². The van der Waals surface area contributed by atoms with Crippen LogP contribution >= 0.6 is 0 Å². The van der Waals surface area contributed by atoms with E-state index in [0.717, 1.165) is 64.2 Å². The molecule has 570 valence electrons. The highest BCUT2D eigenvalue weighted by Crippen LogP contribution is 2.21. The molecule has 2 unspecified atom stereocenters. The second kappa shape index (κ2) is 79.0. The van der Waals surface area contributed by atoms with Gasteiger partial charge in [-0.2, -0.15) is 0 Å². The van der Waals surface area contributed by atoms with E-state index in [0.29, 0.717) is 17.4 Å². The number of hydrogen-bond acceptors (Lipinski definition) is 7. The Morgan fingerprint density at radius 1 is 0.320 bits per heavy atom. The Labute approximate surface area is 603 Å². The van der Waals surface area contributed by atoms with Crippen LogP contribution in [0.25, 0.3) is 0 Å². The van der Waals surface area contributed by atoms with Crippen LogP contribution < -0.4 is 0 Å². The van der Waals surface area contributed by atoms with E-state index in [1.165, 1.54) is 347 Å². The number of carbonyl (C=O) groups is 3. The van der Waals surface area contributed by atoms with Crippen molar-refractivity contribution in [1.29, 1.82) is 0 Å². The molecule has 0 bridgehead atoms. The third-order valence-corrected chi connectivity index (χ3v) is 19.6. The molecule has 0 amide bonds. The number of unbranched alkanes of at least 4 members (excludes halogenated alkanes) is 58. The number of carboxylic acid groups (broad SMARTS) is 1. The summed E-state index contributed by atoms with van der Waals surface area (Å²) in [5.74, 6) is -1.97. The van der Waals surface area contributed by atoms with E-state index < -0.39 is 18.4 Å². The van der Waals surface area contributed by atoms with E-state index in [9.17, 15) is 19.5 Å². The molecule has 0 aromatic rings. The van der Waals surface area contributed by atoms with Gasteiger partial charge in [-0.25, -0.2) is 4.79 Å². The average molecular weight is 1370 g/mol. The molecule has 9 heteroatoms. The van der Waals surface area contributed by atoms with Crippen LogP contribution in [0.3, 0.4) is 0 Å². The van der Waals surface area contributed by atoms with Gasteiger partial charge in [0.05, 0.1) is 34.4 Å². The first-order chi connectivity index (χ1) is 47.6. The van der Waals surface area contributed by atoms with Crippen molar-refractivity contribution >= 4 is 17.9 Å². The number of carboxylic acids is 1. The normalized spacial score (nSPS) is 12.8. The number of likely N-dealkylation sites (N-methyl/N-ethyl adjacent to an activating group) is 1. The smallest absolute Gasteiger partial charge is 0.361 e. The molecule has 0 aliphatic heterocycles. The summed E-state index contributed by atoms with van der Waals surface area (Å²) in [7, 11) is 6.00. The lowest BCUT2D eigenvalue weighted by Gasteiger charge is -2.25. The molecule has 0 rings (SSSR count). The average Bonchev–Trinajstić information content (AvgIpc) is 2.39. The molecular formula is C88H166NO8+. The van der Waals surface area contributed by atoms with Crippen LogP contribution in [0.1, 0.15) is 438 Å². The fourth-order valence-corrected chi connectivity index (χ4v) is 13.1. The summed E-state index contributed by atoms with van der Waals surface area (Å²) in [5, 5.41) is 9.79. The van der Waals surface area contributed by atoms with E-state index >= 15 is 0 Å². The molecular weight excluding hydrogens is 1200 g/mol. The zero-order valence-electron chi connectivity index (χ0n) is 65.5. The first-order valence-corrected chi connectivity index (χ1v) is 42.8. The Morgan fingerprint density at radius 3 is 0.876 bits per heavy atom. The molecule has 0 heterocycles. The van der Waals surface area contributed by atoms with Crippen molar-refractivity contribution in [3.63, 3.8) is 0 Å². The molecule has 0 aromatic heterocycles. The van der Waals surface area contributed by atoms with Crippen LogP contribution in [-0.4, -0.2) is 87.4 Å². The van der Waals surface area contributed by atoms with Gasteiger partial charge in [0.15, 0.2) is 6.10 Å². The predicted octanol–water partition coefficient (Wildman–Crippen LogP) is 27.6. The maximum Gasteiger partial charge on any atom is 0.361 e. The number of hydrogen-bond donors (Lipinski definition) is 1. The lowest BCUT2D eigenvalue weighted by molar-refractivity contribution is -0.870. The van der Waals surface area contributed by atoms with Crippen molar-refractivity contribution in [2.24, 2.45) is 0 Å². The monoisotopic (exact) mass is 1370 g/mol. The highest BCUT2D eigenvalue weighted by Gasteiger charge is 2.25. The molecule has 0 saturated heterocycles. The first-order valence-electron chi connectivity index (χ1n) is 42.8. The van der Waals surface area contributed by atoms with Crippen LogP contribution in [0.5, 0.6) is 0 Å². The number of esters is 2. The fourth-order valence-electron chi connectivity index (χ4n) is 13.1. The van der Waals surface area contributed by atoms with E-state index in [2.05, 4.69) is 62.5 Å². The number of ether oxygens (including phenoxy) is 4. The highest BCUT2D eigenvalue weighted by atomic mass is 16.7. The van der Waals surface area contributed by atoms with Gasteiger partial charge in [-0.3, -0.25) is 9.59 Å². The van der Waals surface area contributed by atoms with Gasteiger partial charge in [0.2, 0.25) is 0 Å². The lowest BCUT2D eigenvalue weighted by atomic mass is 10.0. The van der Waals surface area contributed by atoms with Gasteiger partial charge in [0.25, 0.3) is 6.29 Å². The summed E-state index contributed by atoms with van der Waals surface area (Å²) in [6.07, 6.45) is 102. The van der Waals surface area contributed by atoms with Crippen LogP contribution in [-0.2, 0) is 33.3 Å². The minimum atomic E-state index is -1.51. The topological polar surface area (TPSA) is 108 Å². The summed E-state index contributed by atoms with van der Waals surface area (Å²) in [5.41, 5.74) is 0. The molecule has 9 nitrogen and oxygen atoms in total. The van der Waals surface area contributed by atoms with E-state index in [1.807, 2.05) is 21.1 Å². The van der Waals surface area contributed by atoms with Gasteiger partial charge in [0, 0.05) is 12.8 Å². The molecule has 0 aliphatic rings. The second-order valence-electron chi connectivity index (χ2n) is 30.5. The molecule has 97 heavy (non-hydrogen) atoms. The zero-order valence-corrected chi connectivity index (χ0v) is 65.5. The molecule has 0 radical (unpaired) electrons. The van der Waals surface area contributed by atoms with Crippen LogP contribution in [0.4, 0.5) is 0 Å². The number of rotatable bonds is 81. The summed E-state index contributed by atoms with van der Waals surface area (Å²) >= 11 is 0. The van der Waals surface area contributed by atoms with E-state index in [1.54, 1.807) is 0 Å².